The normalized spacial score (nSPS) is 18.6. The second kappa shape index (κ2) is 8.46. The second-order valence-electron chi connectivity index (χ2n) is 5.87. The summed E-state index contributed by atoms with van der Waals surface area (Å²) < 4.78 is 31.5. The van der Waals surface area contributed by atoms with Crippen molar-refractivity contribution in [2.24, 2.45) is 10.9 Å². The molecule has 1 heterocycles. The Morgan fingerprint density at radius 1 is 1.46 bits per heavy atom. The molecule has 0 bridgehead atoms. The van der Waals surface area contributed by atoms with Crippen LogP contribution in [0.1, 0.15) is 12.0 Å². The van der Waals surface area contributed by atoms with E-state index in [1.165, 1.54) is 7.05 Å². The summed E-state index contributed by atoms with van der Waals surface area (Å²) in [6.07, 6.45) is 1.07. The fourth-order valence-electron chi connectivity index (χ4n) is 2.71. The first kappa shape index (κ1) is 18.7. The second-order valence-corrected chi connectivity index (χ2v) is 7.75. The summed E-state index contributed by atoms with van der Waals surface area (Å²) in [6, 6.07) is 6.87. The van der Waals surface area contributed by atoms with Crippen LogP contribution < -0.4 is 10.0 Å². The van der Waals surface area contributed by atoms with E-state index in [4.69, 9.17) is 4.74 Å². The number of nitrogens with zero attached hydrogens (tertiary/aromatic N) is 2. The Kier molecular flexibility index (Phi) is 6.59. The lowest BCUT2D eigenvalue weighted by atomic mass is 10.1. The van der Waals surface area contributed by atoms with E-state index in [0.29, 0.717) is 12.5 Å². The highest BCUT2D eigenvalue weighted by molar-refractivity contribution is 7.89. The van der Waals surface area contributed by atoms with Gasteiger partial charge in [-0.05, 0) is 31.2 Å². The first-order valence-corrected chi connectivity index (χ1v) is 9.46. The monoisotopic (exact) mass is 354 g/mol. The zero-order valence-corrected chi connectivity index (χ0v) is 15.3. The molecule has 7 nitrogen and oxygen atoms in total. The van der Waals surface area contributed by atoms with Crippen molar-refractivity contribution in [3.05, 3.63) is 29.8 Å². The molecule has 134 valence electrons. The third kappa shape index (κ3) is 4.93. The number of hydrogen-bond donors (Lipinski definition) is 2. The van der Waals surface area contributed by atoms with Crippen molar-refractivity contribution in [2.75, 3.05) is 40.9 Å². The fourth-order valence-corrected chi connectivity index (χ4v) is 3.51. The maximum atomic E-state index is 11.9. The minimum atomic E-state index is -3.43. The van der Waals surface area contributed by atoms with Gasteiger partial charge in [-0.1, -0.05) is 12.1 Å². The van der Waals surface area contributed by atoms with Crippen LogP contribution in [-0.4, -0.2) is 60.2 Å². The number of rotatable bonds is 6. The molecule has 8 heteroatoms. The molecule has 2 rings (SSSR count). The lowest BCUT2D eigenvalue weighted by molar-refractivity contribution is 0.181. The topological polar surface area (TPSA) is 83.0 Å². The molecule has 0 aromatic heterocycles. The van der Waals surface area contributed by atoms with Gasteiger partial charge in [0, 0.05) is 39.7 Å². The van der Waals surface area contributed by atoms with Crippen molar-refractivity contribution in [1.29, 1.82) is 0 Å². The molecule has 1 fully saturated rings. The molecular formula is C16H26N4O3S. The predicted octanol–water partition coefficient (Wildman–Crippen LogP) is 0.638. The highest BCUT2D eigenvalue weighted by Gasteiger charge is 2.19. The molecule has 2 N–H and O–H groups in total. The van der Waals surface area contributed by atoms with Crippen molar-refractivity contribution in [3.8, 4) is 0 Å². The van der Waals surface area contributed by atoms with E-state index in [-0.39, 0.29) is 4.90 Å². The first-order valence-electron chi connectivity index (χ1n) is 7.98. The number of guanidine groups is 1. The van der Waals surface area contributed by atoms with Crippen LogP contribution in [0.5, 0.6) is 0 Å². The summed E-state index contributed by atoms with van der Waals surface area (Å²) >= 11 is 0. The highest BCUT2D eigenvalue weighted by Crippen LogP contribution is 2.14. The molecule has 0 radical (unpaired) electrons. The third-order valence-corrected chi connectivity index (χ3v) is 5.47. The molecule has 1 atom stereocenters. The van der Waals surface area contributed by atoms with Crippen molar-refractivity contribution >= 4 is 16.0 Å². The molecule has 0 aliphatic carbocycles. The van der Waals surface area contributed by atoms with Crippen LogP contribution in [0.4, 0.5) is 0 Å². The van der Waals surface area contributed by atoms with Crippen molar-refractivity contribution < 1.29 is 13.2 Å². The third-order valence-electron chi connectivity index (χ3n) is 4.06. The van der Waals surface area contributed by atoms with Gasteiger partial charge in [0.15, 0.2) is 5.96 Å². The first-order chi connectivity index (χ1) is 11.5. The van der Waals surface area contributed by atoms with Crippen molar-refractivity contribution in [2.45, 2.75) is 17.9 Å². The van der Waals surface area contributed by atoms with Crippen LogP contribution in [0.25, 0.3) is 0 Å². The number of hydrogen-bond acceptors (Lipinski definition) is 4. The van der Waals surface area contributed by atoms with Gasteiger partial charge < -0.3 is 15.0 Å². The zero-order chi connectivity index (χ0) is 17.6. The van der Waals surface area contributed by atoms with E-state index >= 15 is 0 Å². The van der Waals surface area contributed by atoms with Crippen LogP contribution >= 0.6 is 0 Å². The van der Waals surface area contributed by atoms with Gasteiger partial charge in [-0.3, -0.25) is 4.99 Å². The molecule has 1 aromatic rings. The van der Waals surface area contributed by atoms with Crippen LogP contribution in [0.15, 0.2) is 34.2 Å². The molecule has 1 aliphatic rings. The van der Waals surface area contributed by atoms with Gasteiger partial charge in [-0.25, -0.2) is 13.1 Å². The number of sulfonamides is 1. The summed E-state index contributed by atoms with van der Waals surface area (Å²) in [5, 5.41) is 3.28. The summed E-state index contributed by atoms with van der Waals surface area (Å²) in [4.78, 5) is 6.63. The van der Waals surface area contributed by atoms with Crippen LogP contribution in [0.2, 0.25) is 0 Å². The lowest BCUT2D eigenvalue weighted by Crippen LogP contribution is -2.41. The number of nitrogens with one attached hydrogen (secondary N) is 2. The summed E-state index contributed by atoms with van der Waals surface area (Å²) in [6.45, 7) is 3.02. The van der Waals surface area contributed by atoms with Crippen molar-refractivity contribution in [1.82, 2.24) is 14.9 Å². The Hall–Kier alpha value is -1.64. The molecule has 1 unspecified atom stereocenters. The Balaban J connectivity index is 1.96. The van der Waals surface area contributed by atoms with Gasteiger partial charge in [0.25, 0.3) is 0 Å². The van der Waals surface area contributed by atoms with Gasteiger partial charge in [-0.15, -0.1) is 0 Å². The van der Waals surface area contributed by atoms with E-state index in [1.54, 1.807) is 25.2 Å². The highest BCUT2D eigenvalue weighted by atomic mass is 32.2. The van der Waals surface area contributed by atoms with E-state index in [0.717, 1.165) is 37.7 Å². The average Bonchev–Trinajstić information content (AvgIpc) is 3.08. The average molecular weight is 354 g/mol. The Morgan fingerprint density at radius 2 is 2.25 bits per heavy atom. The number of ether oxygens (including phenoxy) is 1. The minimum Gasteiger partial charge on any atom is -0.381 e. The largest absolute Gasteiger partial charge is 0.381 e. The van der Waals surface area contributed by atoms with Gasteiger partial charge in [0.1, 0.15) is 0 Å². The van der Waals surface area contributed by atoms with E-state index in [9.17, 15) is 8.42 Å². The standard InChI is InChI=1S/C16H26N4O3S/c1-17-16(20(3)11-14-7-8-23-12-14)19-10-13-5-4-6-15(9-13)24(21,22)18-2/h4-6,9,14,18H,7-8,10-12H2,1-3H3,(H,17,19). The zero-order valence-electron chi connectivity index (χ0n) is 14.4. The van der Waals surface area contributed by atoms with Gasteiger partial charge in [0.2, 0.25) is 10.0 Å². The maximum absolute atomic E-state index is 11.9. The maximum Gasteiger partial charge on any atom is 0.240 e. The van der Waals surface area contributed by atoms with E-state index < -0.39 is 10.0 Å². The molecular weight excluding hydrogens is 328 g/mol. The molecule has 24 heavy (non-hydrogen) atoms. The smallest absolute Gasteiger partial charge is 0.240 e. The van der Waals surface area contributed by atoms with E-state index in [1.807, 2.05) is 13.1 Å². The van der Waals surface area contributed by atoms with Gasteiger partial charge in [-0.2, -0.15) is 0 Å². The SMILES string of the molecule is CN=C(NCc1cccc(S(=O)(=O)NC)c1)N(C)CC1CCOC1. The number of benzene rings is 1. The molecule has 1 aromatic carbocycles. The summed E-state index contributed by atoms with van der Waals surface area (Å²) in [5.41, 5.74) is 0.880. The molecule has 1 saturated heterocycles. The molecule has 1 aliphatic heterocycles. The van der Waals surface area contributed by atoms with E-state index in [2.05, 4.69) is 19.9 Å². The molecule has 0 amide bonds. The predicted molar refractivity (Wildman–Crippen MR) is 94.4 cm³/mol. The fraction of sp³-hybridized carbons (Fsp3) is 0.562. The lowest BCUT2D eigenvalue weighted by Gasteiger charge is -2.24. The number of aliphatic imine (C=N–C) groups is 1. The molecule has 0 spiro atoms. The Bertz CT molecular complexity index is 670. The Labute approximate surface area is 144 Å². The van der Waals surface area contributed by atoms with Crippen LogP contribution in [-0.2, 0) is 21.3 Å². The van der Waals surface area contributed by atoms with Gasteiger partial charge >= 0.3 is 0 Å². The molecule has 0 saturated carbocycles. The minimum absolute atomic E-state index is 0.260. The Morgan fingerprint density at radius 3 is 2.88 bits per heavy atom. The van der Waals surface area contributed by atoms with Gasteiger partial charge in [0.05, 0.1) is 11.5 Å². The quantitative estimate of drug-likeness (QED) is 0.579. The van der Waals surface area contributed by atoms with Crippen LogP contribution in [0, 0.1) is 5.92 Å². The summed E-state index contributed by atoms with van der Waals surface area (Å²) in [5.74, 6) is 1.31. The summed E-state index contributed by atoms with van der Waals surface area (Å²) in [7, 11) is 1.71. The van der Waals surface area contributed by atoms with Crippen molar-refractivity contribution in [3.63, 3.8) is 0 Å². The van der Waals surface area contributed by atoms with Crippen LogP contribution in [0.3, 0.4) is 0 Å².